The number of likely N-dealkylation sites (tertiary alicyclic amines) is 1. The van der Waals surface area contributed by atoms with Crippen LogP contribution in [0.3, 0.4) is 0 Å². The zero-order valence-corrected chi connectivity index (χ0v) is 16.8. The van der Waals surface area contributed by atoms with Crippen LogP contribution in [0.2, 0.25) is 5.02 Å². The van der Waals surface area contributed by atoms with Gasteiger partial charge in [0.25, 0.3) is 0 Å². The Balaban J connectivity index is 2.07. The summed E-state index contributed by atoms with van der Waals surface area (Å²) in [4.78, 5) is 13.8. The van der Waals surface area contributed by atoms with Crippen molar-refractivity contribution < 1.29 is 23.8 Å². The highest BCUT2D eigenvalue weighted by Crippen LogP contribution is 2.38. The summed E-state index contributed by atoms with van der Waals surface area (Å²) >= 11 is 5.90. The molecule has 0 saturated carbocycles. The van der Waals surface area contributed by atoms with Gasteiger partial charge in [-0.1, -0.05) is 24.3 Å². The number of amides is 1. The highest BCUT2D eigenvalue weighted by Gasteiger charge is 2.32. The lowest BCUT2D eigenvalue weighted by molar-refractivity contribution is 0.00732. The first-order chi connectivity index (χ1) is 12.6. The number of hydrogen-bond donors (Lipinski definition) is 1. The minimum atomic E-state index is -0.872. The van der Waals surface area contributed by atoms with Gasteiger partial charge in [0, 0.05) is 24.7 Å². The first-order valence-corrected chi connectivity index (χ1v) is 9.39. The minimum absolute atomic E-state index is 0.0683. The van der Waals surface area contributed by atoms with E-state index in [2.05, 4.69) is 6.58 Å². The average molecular weight is 400 g/mol. The Labute approximate surface area is 164 Å². The van der Waals surface area contributed by atoms with E-state index in [0.717, 1.165) is 0 Å². The van der Waals surface area contributed by atoms with Crippen molar-refractivity contribution in [3.05, 3.63) is 41.2 Å². The van der Waals surface area contributed by atoms with Crippen molar-refractivity contribution in [1.29, 1.82) is 0 Å². The van der Waals surface area contributed by atoms with Gasteiger partial charge in [0.2, 0.25) is 0 Å². The van der Waals surface area contributed by atoms with E-state index in [1.807, 2.05) is 20.8 Å². The fourth-order valence-electron chi connectivity index (χ4n) is 3.03. The van der Waals surface area contributed by atoms with Gasteiger partial charge in [-0.25, -0.2) is 9.18 Å². The number of aliphatic hydroxyl groups excluding tert-OH is 1. The molecule has 1 aromatic carbocycles. The number of nitrogens with zero attached hydrogens (tertiary/aromatic N) is 1. The molecule has 0 bridgehead atoms. The highest BCUT2D eigenvalue weighted by atomic mass is 35.5. The third kappa shape index (κ3) is 5.84. The Hall–Kier alpha value is -1.79. The first-order valence-electron chi connectivity index (χ1n) is 9.01. The number of ether oxygens (including phenoxy) is 2. The largest absolute Gasteiger partial charge is 0.489 e. The second kappa shape index (κ2) is 8.93. The second-order valence-corrected chi connectivity index (χ2v) is 8.06. The van der Waals surface area contributed by atoms with Crippen LogP contribution < -0.4 is 4.74 Å². The van der Waals surface area contributed by atoms with Gasteiger partial charge in [-0.3, -0.25) is 0 Å². The number of rotatable bonds is 5. The molecule has 1 unspecified atom stereocenters. The smallest absolute Gasteiger partial charge is 0.410 e. The maximum Gasteiger partial charge on any atom is 0.410 e. The Morgan fingerprint density at radius 2 is 2.07 bits per heavy atom. The summed E-state index contributed by atoms with van der Waals surface area (Å²) in [5.74, 6) is -0.457. The monoisotopic (exact) mass is 399 g/mol. The summed E-state index contributed by atoms with van der Waals surface area (Å²) in [6.45, 7) is 10.2. The Morgan fingerprint density at radius 3 is 2.63 bits per heavy atom. The van der Waals surface area contributed by atoms with Gasteiger partial charge >= 0.3 is 6.09 Å². The number of hydrogen-bond acceptors (Lipinski definition) is 4. The third-order valence-electron chi connectivity index (χ3n) is 4.37. The van der Waals surface area contributed by atoms with E-state index in [-0.39, 0.29) is 29.4 Å². The molecule has 27 heavy (non-hydrogen) atoms. The van der Waals surface area contributed by atoms with Crippen LogP contribution in [-0.2, 0) is 4.74 Å². The molecule has 0 aliphatic carbocycles. The molecule has 1 saturated heterocycles. The van der Waals surface area contributed by atoms with Gasteiger partial charge in [0.05, 0.1) is 11.1 Å². The Bertz CT molecular complexity index is 681. The number of aliphatic hydroxyl groups is 1. The molecule has 5 nitrogen and oxygen atoms in total. The zero-order valence-electron chi connectivity index (χ0n) is 16.0. The SMILES string of the molecule is C=CCOc1cc(F)c(Cl)cc1C(O)C1CCN(C(=O)OC(C)(C)C)CC1. The van der Waals surface area contributed by atoms with Crippen molar-refractivity contribution >= 4 is 17.7 Å². The van der Waals surface area contributed by atoms with Crippen LogP contribution in [0.4, 0.5) is 9.18 Å². The van der Waals surface area contributed by atoms with Crippen molar-refractivity contribution in [3.63, 3.8) is 0 Å². The van der Waals surface area contributed by atoms with E-state index in [4.69, 9.17) is 21.1 Å². The van der Waals surface area contributed by atoms with Crippen LogP contribution in [0.15, 0.2) is 24.8 Å². The molecular formula is C20H27ClFNO4. The maximum atomic E-state index is 13.8. The summed E-state index contributed by atoms with van der Waals surface area (Å²) in [6.07, 6.45) is 1.51. The molecule has 1 aliphatic heterocycles. The predicted molar refractivity (Wildman–Crippen MR) is 103 cm³/mol. The van der Waals surface area contributed by atoms with Crippen molar-refractivity contribution in [2.75, 3.05) is 19.7 Å². The van der Waals surface area contributed by atoms with Crippen LogP contribution in [0.25, 0.3) is 0 Å². The summed E-state index contributed by atoms with van der Waals surface area (Å²) in [6, 6.07) is 2.58. The second-order valence-electron chi connectivity index (χ2n) is 7.65. The molecule has 2 rings (SSSR count). The molecule has 1 fully saturated rings. The van der Waals surface area contributed by atoms with Crippen LogP contribution in [0.1, 0.15) is 45.3 Å². The minimum Gasteiger partial charge on any atom is -0.489 e. The third-order valence-corrected chi connectivity index (χ3v) is 4.66. The van der Waals surface area contributed by atoms with E-state index in [1.54, 1.807) is 11.0 Å². The van der Waals surface area contributed by atoms with E-state index in [0.29, 0.717) is 31.5 Å². The molecule has 1 heterocycles. The standard InChI is InChI=1S/C20H27ClFNO4/c1-5-10-26-17-12-16(22)15(21)11-14(17)18(24)13-6-8-23(9-7-13)19(25)27-20(2,3)4/h5,11-13,18,24H,1,6-10H2,2-4H3. The molecule has 7 heteroatoms. The number of benzene rings is 1. The molecular weight excluding hydrogens is 373 g/mol. The van der Waals surface area contributed by atoms with Crippen molar-refractivity contribution in [1.82, 2.24) is 4.90 Å². The maximum absolute atomic E-state index is 13.8. The topological polar surface area (TPSA) is 59.0 Å². The van der Waals surface area contributed by atoms with Crippen molar-refractivity contribution in [3.8, 4) is 5.75 Å². The van der Waals surface area contributed by atoms with Crippen LogP contribution in [0, 0.1) is 11.7 Å². The van der Waals surface area contributed by atoms with E-state index >= 15 is 0 Å². The molecule has 1 amide bonds. The lowest BCUT2D eigenvalue weighted by Gasteiger charge is -2.35. The molecule has 1 atom stereocenters. The lowest BCUT2D eigenvalue weighted by atomic mass is 9.87. The molecule has 1 N–H and O–H groups in total. The normalized spacial score (nSPS) is 16.7. The van der Waals surface area contributed by atoms with Gasteiger partial charge in [0.15, 0.2) is 0 Å². The van der Waals surface area contributed by atoms with Crippen LogP contribution in [0.5, 0.6) is 5.75 Å². The zero-order chi connectivity index (χ0) is 20.2. The predicted octanol–water partition coefficient (Wildman–Crippen LogP) is 4.72. The average Bonchev–Trinajstić information content (AvgIpc) is 2.60. The van der Waals surface area contributed by atoms with E-state index in [1.165, 1.54) is 12.1 Å². The quantitative estimate of drug-likeness (QED) is 0.727. The summed E-state index contributed by atoms with van der Waals surface area (Å²) in [7, 11) is 0. The number of carbonyl (C=O) groups excluding carboxylic acids is 1. The first kappa shape index (κ1) is 21.5. The molecule has 1 aromatic rings. The highest BCUT2D eigenvalue weighted by molar-refractivity contribution is 6.30. The number of carbonyl (C=O) groups is 1. The summed E-state index contributed by atoms with van der Waals surface area (Å²) < 4.78 is 24.7. The summed E-state index contributed by atoms with van der Waals surface area (Å²) in [5, 5.41) is 10.8. The molecule has 0 aromatic heterocycles. The van der Waals surface area contributed by atoms with Gasteiger partial charge in [-0.15, -0.1) is 0 Å². The van der Waals surface area contributed by atoms with Crippen LogP contribution in [-0.4, -0.2) is 41.4 Å². The molecule has 0 spiro atoms. The van der Waals surface area contributed by atoms with E-state index in [9.17, 15) is 14.3 Å². The molecule has 0 radical (unpaired) electrons. The van der Waals surface area contributed by atoms with E-state index < -0.39 is 17.5 Å². The molecule has 150 valence electrons. The van der Waals surface area contributed by atoms with Gasteiger partial charge in [0.1, 0.15) is 23.8 Å². The summed E-state index contributed by atoms with van der Waals surface area (Å²) in [5.41, 5.74) is -0.102. The number of halogens is 2. The van der Waals surface area contributed by atoms with Crippen molar-refractivity contribution in [2.24, 2.45) is 5.92 Å². The van der Waals surface area contributed by atoms with Gasteiger partial charge in [-0.2, -0.15) is 0 Å². The van der Waals surface area contributed by atoms with Gasteiger partial charge < -0.3 is 19.5 Å². The lowest BCUT2D eigenvalue weighted by Crippen LogP contribution is -2.42. The fourth-order valence-corrected chi connectivity index (χ4v) is 3.20. The molecule has 1 aliphatic rings. The van der Waals surface area contributed by atoms with Crippen LogP contribution >= 0.6 is 11.6 Å². The number of piperidine rings is 1. The fraction of sp³-hybridized carbons (Fsp3) is 0.550. The Kier molecular flexibility index (Phi) is 7.12. The van der Waals surface area contributed by atoms with Gasteiger partial charge in [-0.05, 0) is 45.6 Å². The van der Waals surface area contributed by atoms with Crippen molar-refractivity contribution in [2.45, 2.75) is 45.3 Å². The Morgan fingerprint density at radius 1 is 1.44 bits per heavy atom.